The van der Waals surface area contributed by atoms with Crippen molar-refractivity contribution < 1.29 is 21.0 Å². The second-order valence-corrected chi connectivity index (χ2v) is 19.0. The molecular weight excluding hydrogens is 294 g/mol. The van der Waals surface area contributed by atoms with E-state index in [4.69, 9.17) is 0 Å². The number of hydrogen-bond acceptors (Lipinski definition) is 3. The third-order valence-electron chi connectivity index (χ3n) is 1.52. The molecule has 0 fully saturated rings. The second-order valence-electron chi connectivity index (χ2n) is 3.88. The van der Waals surface area contributed by atoms with Crippen LogP contribution < -0.4 is 0 Å². The lowest BCUT2D eigenvalue weighted by molar-refractivity contribution is 0.698. The molecule has 3 nitrogen and oxygen atoms in total. The molecule has 12 heteroatoms. The largest absolute Gasteiger partial charge is 0.423 e. The Hall–Kier alpha value is 0.557. The summed E-state index contributed by atoms with van der Waals surface area (Å²) in [6.07, 6.45) is 0. The normalized spacial score (nSPS) is 33.6. The molecule has 1 aliphatic rings. The van der Waals surface area contributed by atoms with Gasteiger partial charge in [-0.25, -0.2) is 0 Å². The molecule has 1 heterocycles. The molecule has 0 N–H and O–H groups in total. The van der Waals surface area contributed by atoms with E-state index in [-0.39, 0.29) is 0 Å². The van der Waals surface area contributed by atoms with Crippen molar-refractivity contribution in [2.45, 2.75) is 19.6 Å². The molecule has 0 saturated carbocycles. The van der Waals surface area contributed by atoms with Crippen LogP contribution in [0.1, 0.15) is 0 Å². The van der Waals surface area contributed by atoms with Gasteiger partial charge >= 0.3 is 15.7 Å². The average molecular weight is 303 g/mol. The van der Waals surface area contributed by atoms with E-state index < -0.39 is 30.5 Å². The van der Waals surface area contributed by atoms with Gasteiger partial charge in [-0.1, -0.05) is 19.6 Å². The summed E-state index contributed by atoms with van der Waals surface area (Å²) >= 11 is 0. The lowest BCUT2D eigenvalue weighted by Crippen LogP contribution is -2.17. The Labute approximate surface area is 85.3 Å². The van der Waals surface area contributed by atoms with Gasteiger partial charge in [0.2, 0.25) is 7.06 Å². The van der Waals surface area contributed by atoms with Crippen LogP contribution in [0.15, 0.2) is 13.5 Å². The molecule has 1 aliphatic heterocycles. The predicted molar refractivity (Wildman–Crippen MR) is 56.9 cm³/mol. The van der Waals surface area contributed by atoms with Gasteiger partial charge in [0.1, 0.15) is 0 Å². The molecular formula is C3H9F5N3P3Si. The summed E-state index contributed by atoms with van der Waals surface area (Å²) in [6, 6.07) is 0. The van der Waals surface area contributed by atoms with Gasteiger partial charge in [-0.15, -0.1) is 21.3 Å². The zero-order valence-electron chi connectivity index (χ0n) is 8.07. The Bertz CT molecular complexity index is 433. The van der Waals surface area contributed by atoms with Gasteiger partial charge < -0.3 is 0 Å². The highest BCUT2D eigenvalue weighted by atomic mass is 31.5. The fourth-order valence-corrected chi connectivity index (χ4v) is 14.4. The molecule has 90 valence electrons. The zero-order chi connectivity index (χ0) is 12.1. The Kier molecular flexibility index (Phi) is 3.20. The van der Waals surface area contributed by atoms with E-state index in [1.807, 2.05) is 4.52 Å². The van der Waals surface area contributed by atoms with Crippen LogP contribution >= 0.6 is 22.7 Å². The van der Waals surface area contributed by atoms with Crippen molar-refractivity contribution in [2.75, 3.05) is 0 Å². The highest BCUT2D eigenvalue weighted by molar-refractivity contribution is 8.01. The SMILES string of the molecule is C[Si](C)(C)P1(F)=NP(F)(F)=NP(F)(F)=N1. The molecule has 0 bridgehead atoms. The standard InChI is InChI=1S/C3H9F5N3P3Si/c1-15(2,3)14(8)10-12(4,5)9-13(6,7)11-14/h1-3H3. The minimum Gasteiger partial charge on any atom is -0.189 e. The molecule has 1 atom stereocenters. The Morgan fingerprint density at radius 3 is 1.47 bits per heavy atom. The summed E-state index contributed by atoms with van der Waals surface area (Å²) in [7, 11) is -18.3. The van der Waals surface area contributed by atoms with Crippen molar-refractivity contribution >= 4 is 30.5 Å². The van der Waals surface area contributed by atoms with Crippen LogP contribution in [0.5, 0.6) is 0 Å². The zero-order valence-corrected chi connectivity index (χ0v) is 11.8. The summed E-state index contributed by atoms with van der Waals surface area (Å²) < 4.78 is 72.4. The summed E-state index contributed by atoms with van der Waals surface area (Å²) in [5, 5.41) is 0. The van der Waals surface area contributed by atoms with E-state index in [1.54, 1.807) is 0 Å². The smallest absolute Gasteiger partial charge is 0.189 e. The molecule has 1 rings (SSSR count). The number of rotatable bonds is 1. The van der Waals surface area contributed by atoms with Gasteiger partial charge in [-0.2, -0.15) is 13.2 Å². The first-order valence-corrected chi connectivity index (χ1v) is 12.6. The van der Waals surface area contributed by atoms with Crippen LogP contribution in [0, 0.1) is 0 Å². The minimum atomic E-state index is -5.51. The van der Waals surface area contributed by atoms with Gasteiger partial charge in [0.15, 0.2) is 7.74 Å². The monoisotopic (exact) mass is 303 g/mol. The topological polar surface area (TPSA) is 37.1 Å². The first-order chi connectivity index (χ1) is 6.37. The molecule has 1 unspecified atom stereocenters. The molecule has 0 aliphatic carbocycles. The van der Waals surface area contributed by atoms with Gasteiger partial charge in [0.05, 0.1) is 0 Å². The number of halogens is 5. The average Bonchev–Trinajstić information content (AvgIpc) is 1.72. The molecule has 0 saturated heterocycles. The van der Waals surface area contributed by atoms with Gasteiger partial charge in [0.25, 0.3) is 0 Å². The molecule has 0 amide bonds. The van der Waals surface area contributed by atoms with Gasteiger partial charge in [0, 0.05) is 0 Å². The Morgan fingerprint density at radius 1 is 0.733 bits per heavy atom. The van der Waals surface area contributed by atoms with Crippen LogP contribution in [-0.2, 0) is 0 Å². The van der Waals surface area contributed by atoms with E-state index in [2.05, 4.69) is 9.03 Å². The maximum Gasteiger partial charge on any atom is 0.423 e. The van der Waals surface area contributed by atoms with Crippen molar-refractivity contribution in [3.8, 4) is 0 Å². The van der Waals surface area contributed by atoms with E-state index >= 15 is 0 Å². The van der Waals surface area contributed by atoms with Crippen molar-refractivity contribution in [1.82, 2.24) is 0 Å². The molecule has 0 aromatic rings. The predicted octanol–water partition coefficient (Wildman–Crippen LogP) is 6.61. The van der Waals surface area contributed by atoms with Crippen molar-refractivity contribution in [3.63, 3.8) is 0 Å². The Balaban J connectivity index is 3.58. The maximum atomic E-state index is 13.9. The van der Waals surface area contributed by atoms with E-state index in [1.165, 1.54) is 19.6 Å². The van der Waals surface area contributed by atoms with Gasteiger partial charge in [-0.3, -0.25) is 0 Å². The second kappa shape index (κ2) is 3.52. The van der Waals surface area contributed by atoms with Crippen LogP contribution in [0.3, 0.4) is 0 Å². The summed E-state index contributed by atoms with van der Waals surface area (Å²) in [5.74, 6) is 0. The number of hydrogen-bond donors (Lipinski definition) is 0. The quantitative estimate of drug-likeness (QED) is 0.297. The van der Waals surface area contributed by atoms with E-state index in [0.29, 0.717) is 0 Å². The van der Waals surface area contributed by atoms with Crippen LogP contribution in [0.25, 0.3) is 0 Å². The number of nitrogens with zero attached hydrogens (tertiary/aromatic N) is 3. The van der Waals surface area contributed by atoms with E-state index in [0.717, 1.165) is 0 Å². The van der Waals surface area contributed by atoms with Crippen LogP contribution in [0.2, 0.25) is 19.6 Å². The van der Waals surface area contributed by atoms with E-state index in [9.17, 15) is 21.0 Å². The van der Waals surface area contributed by atoms with Gasteiger partial charge in [-0.05, 0) is 0 Å². The minimum absolute atomic E-state index is 1.36. The molecule has 15 heavy (non-hydrogen) atoms. The summed E-state index contributed by atoms with van der Waals surface area (Å²) in [6.45, 7) is 4.08. The lowest BCUT2D eigenvalue weighted by atomic mass is 11.8. The molecule has 0 spiro atoms. The van der Waals surface area contributed by atoms with Crippen molar-refractivity contribution in [2.24, 2.45) is 13.5 Å². The fourth-order valence-electron chi connectivity index (χ4n) is 0.737. The highest BCUT2D eigenvalue weighted by Gasteiger charge is 2.46. The van der Waals surface area contributed by atoms with Crippen molar-refractivity contribution in [3.05, 3.63) is 0 Å². The third-order valence-corrected chi connectivity index (χ3v) is 15.3. The molecule has 0 radical (unpaired) electrons. The molecule has 0 aromatic heterocycles. The summed E-state index contributed by atoms with van der Waals surface area (Å²) in [4.78, 5) is 0. The first kappa shape index (κ1) is 13.6. The van der Waals surface area contributed by atoms with Crippen LogP contribution in [-0.4, -0.2) is 7.74 Å². The maximum absolute atomic E-state index is 13.9. The lowest BCUT2D eigenvalue weighted by Gasteiger charge is -2.26. The summed E-state index contributed by atoms with van der Waals surface area (Å²) in [5.41, 5.74) is 0. The first-order valence-electron chi connectivity index (χ1n) is 3.77. The third kappa shape index (κ3) is 3.02. The van der Waals surface area contributed by atoms with Crippen LogP contribution in [0.4, 0.5) is 21.0 Å². The van der Waals surface area contributed by atoms with Crippen molar-refractivity contribution in [1.29, 1.82) is 0 Å². The molecule has 0 aromatic carbocycles. The highest BCUT2D eigenvalue weighted by Crippen LogP contribution is 2.83. The fraction of sp³-hybridized carbons (Fsp3) is 1.00. The Morgan fingerprint density at radius 2 is 1.13 bits per heavy atom.